The first-order chi connectivity index (χ1) is 9.06. The van der Waals surface area contributed by atoms with Crippen molar-refractivity contribution in [1.82, 2.24) is 5.32 Å². The molecule has 0 bridgehead atoms. The second-order valence-electron chi connectivity index (χ2n) is 4.69. The molecule has 1 heterocycles. The number of hydrogen-bond acceptors (Lipinski definition) is 2. The molecular weight excluding hydrogens is 274 g/mol. The summed E-state index contributed by atoms with van der Waals surface area (Å²) in [5.74, 6) is -1.45. The molecule has 1 aromatic carbocycles. The summed E-state index contributed by atoms with van der Waals surface area (Å²) in [6, 6.07) is 1.67. The van der Waals surface area contributed by atoms with Crippen molar-refractivity contribution in [1.29, 1.82) is 0 Å². The Kier molecular flexibility index (Phi) is 4.71. The summed E-state index contributed by atoms with van der Waals surface area (Å²) < 4.78 is 26.3. The van der Waals surface area contributed by atoms with E-state index in [1.54, 1.807) is 0 Å². The molecule has 1 amide bonds. The van der Waals surface area contributed by atoms with Gasteiger partial charge in [0.1, 0.15) is 5.82 Å². The van der Waals surface area contributed by atoms with Gasteiger partial charge in [0.25, 0.3) is 0 Å². The Bertz CT molecular complexity index is 453. The van der Waals surface area contributed by atoms with E-state index in [0.717, 1.165) is 32.0 Å². The zero-order valence-corrected chi connectivity index (χ0v) is 11.1. The SMILES string of the molecule is O=C(CCC1CCNC1)Nc1c(F)cc(F)cc1Cl. The summed E-state index contributed by atoms with van der Waals surface area (Å²) >= 11 is 5.70. The van der Waals surface area contributed by atoms with E-state index in [1.165, 1.54) is 0 Å². The Morgan fingerprint density at radius 2 is 2.26 bits per heavy atom. The minimum absolute atomic E-state index is 0.131. The van der Waals surface area contributed by atoms with Crippen molar-refractivity contribution in [3.8, 4) is 0 Å². The van der Waals surface area contributed by atoms with Crippen LogP contribution in [-0.2, 0) is 4.79 Å². The van der Waals surface area contributed by atoms with Crippen LogP contribution in [0.15, 0.2) is 12.1 Å². The van der Waals surface area contributed by atoms with Gasteiger partial charge in [-0.15, -0.1) is 0 Å². The zero-order valence-electron chi connectivity index (χ0n) is 10.3. The lowest BCUT2D eigenvalue weighted by Crippen LogP contribution is -2.16. The van der Waals surface area contributed by atoms with E-state index in [4.69, 9.17) is 11.6 Å². The topological polar surface area (TPSA) is 41.1 Å². The van der Waals surface area contributed by atoms with Gasteiger partial charge in [-0.3, -0.25) is 4.79 Å². The molecule has 2 N–H and O–H groups in total. The lowest BCUT2D eigenvalue weighted by atomic mass is 10.0. The number of halogens is 3. The lowest BCUT2D eigenvalue weighted by Gasteiger charge is -2.10. The van der Waals surface area contributed by atoms with Gasteiger partial charge < -0.3 is 10.6 Å². The predicted octanol–water partition coefficient (Wildman–Crippen LogP) is 2.95. The van der Waals surface area contributed by atoms with E-state index >= 15 is 0 Å². The maximum Gasteiger partial charge on any atom is 0.224 e. The van der Waals surface area contributed by atoms with Crippen LogP contribution in [0.5, 0.6) is 0 Å². The van der Waals surface area contributed by atoms with Gasteiger partial charge in [-0.05, 0) is 37.9 Å². The normalized spacial score (nSPS) is 18.6. The van der Waals surface area contributed by atoms with E-state index in [-0.39, 0.29) is 16.6 Å². The van der Waals surface area contributed by atoms with Gasteiger partial charge in [0, 0.05) is 12.5 Å². The molecule has 3 nitrogen and oxygen atoms in total. The first-order valence-electron chi connectivity index (χ1n) is 6.21. The van der Waals surface area contributed by atoms with Crippen LogP contribution in [0, 0.1) is 17.6 Å². The van der Waals surface area contributed by atoms with E-state index in [2.05, 4.69) is 10.6 Å². The van der Waals surface area contributed by atoms with Crippen LogP contribution < -0.4 is 10.6 Å². The summed E-state index contributed by atoms with van der Waals surface area (Å²) in [5.41, 5.74) is -0.155. The van der Waals surface area contributed by atoms with Crippen molar-refractivity contribution in [2.45, 2.75) is 19.3 Å². The summed E-state index contributed by atoms with van der Waals surface area (Å²) in [6.45, 7) is 1.89. The highest BCUT2D eigenvalue weighted by molar-refractivity contribution is 6.33. The monoisotopic (exact) mass is 288 g/mol. The number of rotatable bonds is 4. The van der Waals surface area contributed by atoms with E-state index in [1.807, 2.05) is 0 Å². The molecule has 1 saturated heterocycles. The van der Waals surface area contributed by atoms with Crippen molar-refractivity contribution in [2.24, 2.45) is 5.92 Å². The standard InChI is InChI=1S/C13H15ClF2N2O/c14-10-5-9(15)6-11(16)13(10)18-12(19)2-1-8-3-4-17-7-8/h5-6,8,17H,1-4,7H2,(H,18,19). The quantitative estimate of drug-likeness (QED) is 0.894. The maximum atomic E-state index is 13.5. The third-order valence-electron chi connectivity index (χ3n) is 3.21. The zero-order chi connectivity index (χ0) is 13.8. The third kappa shape index (κ3) is 3.88. The van der Waals surface area contributed by atoms with Crippen molar-refractivity contribution in [3.05, 3.63) is 28.8 Å². The van der Waals surface area contributed by atoms with E-state index in [0.29, 0.717) is 18.4 Å². The summed E-state index contributed by atoms with van der Waals surface area (Å²) in [7, 11) is 0. The Hall–Kier alpha value is -1.20. The molecule has 0 spiro atoms. The molecule has 2 rings (SSSR count). The van der Waals surface area contributed by atoms with Gasteiger partial charge in [0.05, 0.1) is 10.7 Å². The Morgan fingerprint density at radius 1 is 1.47 bits per heavy atom. The van der Waals surface area contributed by atoms with Crippen LogP contribution in [0.1, 0.15) is 19.3 Å². The number of carbonyl (C=O) groups excluding carboxylic acids is 1. The maximum absolute atomic E-state index is 13.5. The number of anilines is 1. The molecule has 1 unspecified atom stereocenters. The number of hydrogen-bond donors (Lipinski definition) is 2. The van der Waals surface area contributed by atoms with Crippen LogP contribution >= 0.6 is 11.6 Å². The number of benzene rings is 1. The summed E-state index contributed by atoms with van der Waals surface area (Å²) in [5, 5.41) is 5.48. The van der Waals surface area contributed by atoms with Gasteiger partial charge in [-0.1, -0.05) is 11.6 Å². The van der Waals surface area contributed by atoms with Crippen molar-refractivity contribution < 1.29 is 13.6 Å². The van der Waals surface area contributed by atoms with Crippen molar-refractivity contribution in [2.75, 3.05) is 18.4 Å². The first kappa shape index (κ1) is 14.2. The van der Waals surface area contributed by atoms with Crippen LogP contribution in [0.4, 0.5) is 14.5 Å². The molecule has 6 heteroatoms. The van der Waals surface area contributed by atoms with Gasteiger partial charge in [-0.25, -0.2) is 8.78 Å². The van der Waals surface area contributed by atoms with Crippen LogP contribution in [0.2, 0.25) is 5.02 Å². The molecule has 0 aromatic heterocycles. The van der Waals surface area contributed by atoms with Crippen LogP contribution in [0.3, 0.4) is 0 Å². The average molecular weight is 289 g/mol. The molecular formula is C13H15ClF2N2O. The van der Waals surface area contributed by atoms with Crippen LogP contribution in [-0.4, -0.2) is 19.0 Å². The summed E-state index contributed by atoms with van der Waals surface area (Å²) in [6.07, 6.45) is 2.11. The number of amides is 1. The molecule has 1 fully saturated rings. The predicted molar refractivity (Wildman–Crippen MR) is 70.2 cm³/mol. The molecule has 1 aliphatic heterocycles. The molecule has 1 aromatic rings. The Labute approximate surface area is 115 Å². The minimum Gasteiger partial charge on any atom is -0.322 e. The Balaban J connectivity index is 1.91. The van der Waals surface area contributed by atoms with Gasteiger partial charge in [0.2, 0.25) is 5.91 Å². The highest BCUT2D eigenvalue weighted by Crippen LogP contribution is 2.26. The summed E-state index contributed by atoms with van der Waals surface area (Å²) in [4.78, 5) is 11.7. The minimum atomic E-state index is -0.860. The van der Waals surface area contributed by atoms with E-state index in [9.17, 15) is 13.6 Å². The van der Waals surface area contributed by atoms with Crippen molar-refractivity contribution in [3.63, 3.8) is 0 Å². The largest absolute Gasteiger partial charge is 0.322 e. The van der Waals surface area contributed by atoms with Gasteiger partial charge in [0.15, 0.2) is 5.82 Å². The highest BCUT2D eigenvalue weighted by Gasteiger charge is 2.17. The fraction of sp³-hybridized carbons (Fsp3) is 0.462. The van der Waals surface area contributed by atoms with Gasteiger partial charge in [-0.2, -0.15) is 0 Å². The number of carbonyl (C=O) groups is 1. The fourth-order valence-electron chi connectivity index (χ4n) is 2.16. The first-order valence-corrected chi connectivity index (χ1v) is 6.59. The second-order valence-corrected chi connectivity index (χ2v) is 5.10. The van der Waals surface area contributed by atoms with Crippen molar-refractivity contribution >= 4 is 23.2 Å². The van der Waals surface area contributed by atoms with Crippen LogP contribution in [0.25, 0.3) is 0 Å². The molecule has 1 atom stereocenters. The fourth-order valence-corrected chi connectivity index (χ4v) is 2.40. The molecule has 0 radical (unpaired) electrons. The Morgan fingerprint density at radius 3 is 2.89 bits per heavy atom. The molecule has 0 saturated carbocycles. The van der Waals surface area contributed by atoms with Gasteiger partial charge >= 0.3 is 0 Å². The smallest absolute Gasteiger partial charge is 0.224 e. The number of nitrogens with one attached hydrogen (secondary N) is 2. The van der Waals surface area contributed by atoms with E-state index < -0.39 is 11.6 Å². The molecule has 19 heavy (non-hydrogen) atoms. The highest BCUT2D eigenvalue weighted by atomic mass is 35.5. The molecule has 0 aliphatic carbocycles. The average Bonchev–Trinajstić information content (AvgIpc) is 2.84. The lowest BCUT2D eigenvalue weighted by molar-refractivity contribution is -0.116. The second kappa shape index (κ2) is 6.30. The molecule has 104 valence electrons. The molecule has 1 aliphatic rings. The third-order valence-corrected chi connectivity index (χ3v) is 3.51.